The van der Waals surface area contributed by atoms with Crippen LogP contribution in [0.5, 0.6) is 0 Å². The van der Waals surface area contributed by atoms with Gasteiger partial charge in [-0.25, -0.2) is 0 Å². The molecule has 0 atom stereocenters. The molecule has 1 fully saturated rings. The first-order valence-electron chi connectivity index (χ1n) is 5.84. The van der Waals surface area contributed by atoms with Gasteiger partial charge in [0.15, 0.2) is 0 Å². The van der Waals surface area contributed by atoms with Gasteiger partial charge in [-0.1, -0.05) is 6.08 Å². The van der Waals surface area contributed by atoms with Crippen LogP contribution in [0.4, 0.5) is 0 Å². The SMILES string of the molecule is C=CCN(CC)C(=O)C1CCC(N)CC1. The Morgan fingerprint density at radius 1 is 1.47 bits per heavy atom. The number of rotatable bonds is 4. The molecule has 1 aliphatic carbocycles. The van der Waals surface area contributed by atoms with Crippen molar-refractivity contribution in [1.29, 1.82) is 0 Å². The predicted octanol–water partition coefficient (Wildman–Crippen LogP) is 1.54. The fourth-order valence-corrected chi connectivity index (χ4v) is 2.16. The third kappa shape index (κ3) is 3.34. The van der Waals surface area contributed by atoms with E-state index in [4.69, 9.17) is 5.73 Å². The number of hydrogen-bond donors (Lipinski definition) is 1. The molecule has 0 aromatic heterocycles. The topological polar surface area (TPSA) is 46.3 Å². The molecule has 3 nitrogen and oxygen atoms in total. The van der Waals surface area contributed by atoms with Crippen molar-refractivity contribution in [3.63, 3.8) is 0 Å². The highest BCUT2D eigenvalue weighted by atomic mass is 16.2. The third-order valence-electron chi connectivity index (χ3n) is 3.16. The standard InChI is InChI=1S/C12H22N2O/c1-3-9-14(4-2)12(15)10-5-7-11(13)8-6-10/h3,10-11H,1,4-9,13H2,2H3. The number of carbonyl (C=O) groups excluding carboxylic acids is 1. The van der Waals surface area contributed by atoms with Crippen LogP contribution in [-0.2, 0) is 4.79 Å². The van der Waals surface area contributed by atoms with Gasteiger partial charge in [0.2, 0.25) is 5.91 Å². The molecule has 86 valence electrons. The van der Waals surface area contributed by atoms with E-state index in [1.165, 1.54) is 0 Å². The van der Waals surface area contributed by atoms with E-state index in [0.29, 0.717) is 12.6 Å². The predicted molar refractivity (Wildman–Crippen MR) is 62.4 cm³/mol. The lowest BCUT2D eigenvalue weighted by atomic mass is 9.85. The summed E-state index contributed by atoms with van der Waals surface area (Å²) in [6, 6.07) is 0.309. The zero-order chi connectivity index (χ0) is 11.3. The van der Waals surface area contributed by atoms with E-state index in [1.807, 2.05) is 11.8 Å². The van der Waals surface area contributed by atoms with Gasteiger partial charge >= 0.3 is 0 Å². The average Bonchev–Trinajstić information content (AvgIpc) is 2.26. The van der Waals surface area contributed by atoms with Crippen LogP contribution in [0.3, 0.4) is 0 Å². The zero-order valence-corrected chi connectivity index (χ0v) is 9.61. The van der Waals surface area contributed by atoms with Crippen molar-refractivity contribution < 1.29 is 4.79 Å². The average molecular weight is 210 g/mol. The second-order valence-corrected chi connectivity index (χ2v) is 4.28. The van der Waals surface area contributed by atoms with Crippen molar-refractivity contribution in [2.24, 2.45) is 11.7 Å². The summed E-state index contributed by atoms with van der Waals surface area (Å²) in [5.74, 6) is 0.481. The van der Waals surface area contributed by atoms with Gasteiger partial charge in [0.05, 0.1) is 0 Å². The molecule has 3 heteroatoms. The summed E-state index contributed by atoms with van der Waals surface area (Å²) in [6.45, 7) is 7.12. The molecule has 15 heavy (non-hydrogen) atoms. The molecule has 1 rings (SSSR count). The molecule has 0 unspecified atom stereocenters. The maximum Gasteiger partial charge on any atom is 0.225 e. The smallest absolute Gasteiger partial charge is 0.225 e. The summed E-state index contributed by atoms with van der Waals surface area (Å²) in [7, 11) is 0. The highest BCUT2D eigenvalue weighted by Crippen LogP contribution is 2.24. The summed E-state index contributed by atoms with van der Waals surface area (Å²) in [5, 5.41) is 0. The first-order chi connectivity index (χ1) is 7.19. The number of nitrogens with two attached hydrogens (primary N) is 1. The summed E-state index contributed by atoms with van der Waals surface area (Å²) in [4.78, 5) is 13.9. The number of nitrogens with zero attached hydrogens (tertiary/aromatic N) is 1. The minimum Gasteiger partial charge on any atom is -0.339 e. The van der Waals surface area contributed by atoms with Crippen LogP contribution in [0.15, 0.2) is 12.7 Å². The normalized spacial score (nSPS) is 26.0. The van der Waals surface area contributed by atoms with Crippen molar-refractivity contribution in [3.05, 3.63) is 12.7 Å². The Morgan fingerprint density at radius 3 is 2.53 bits per heavy atom. The van der Waals surface area contributed by atoms with Crippen LogP contribution >= 0.6 is 0 Å². The van der Waals surface area contributed by atoms with Gasteiger partial charge < -0.3 is 10.6 Å². The molecule has 0 bridgehead atoms. The van der Waals surface area contributed by atoms with E-state index in [-0.39, 0.29) is 11.8 Å². The summed E-state index contributed by atoms with van der Waals surface area (Å²) in [5.41, 5.74) is 5.82. The van der Waals surface area contributed by atoms with E-state index >= 15 is 0 Å². The number of amides is 1. The lowest BCUT2D eigenvalue weighted by molar-refractivity contribution is -0.135. The molecule has 0 aromatic rings. The largest absolute Gasteiger partial charge is 0.339 e. The molecule has 0 aromatic carbocycles. The Kier molecular flexibility index (Phi) is 4.82. The Morgan fingerprint density at radius 2 is 2.07 bits per heavy atom. The van der Waals surface area contributed by atoms with Crippen molar-refractivity contribution in [1.82, 2.24) is 4.90 Å². The molecular formula is C12H22N2O. The molecule has 0 aliphatic heterocycles. The maximum absolute atomic E-state index is 12.1. The number of carbonyl (C=O) groups is 1. The third-order valence-corrected chi connectivity index (χ3v) is 3.16. The molecular weight excluding hydrogens is 188 g/mol. The minimum absolute atomic E-state index is 0.199. The molecule has 0 saturated heterocycles. The van der Waals surface area contributed by atoms with Gasteiger partial charge in [-0.05, 0) is 32.6 Å². The highest BCUT2D eigenvalue weighted by molar-refractivity contribution is 5.79. The lowest BCUT2D eigenvalue weighted by Crippen LogP contribution is -2.39. The van der Waals surface area contributed by atoms with Crippen molar-refractivity contribution in [2.75, 3.05) is 13.1 Å². The van der Waals surface area contributed by atoms with Crippen LogP contribution in [0.25, 0.3) is 0 Å². The van der Waals surface area contributed by atoms with Gasteiger partial charge in [0.1, 0.15) is 0 Å². The van der Waals surface area contributed by atoms with E-state index in [2.05, 4.69) is 6.58 Å². The Balaban J connectivity index is 2.47. The fraction of sp³-hybridized carbons (Fsp3) is 0.750. The Bertz CT molecular complexity index is 220. The zero-order valence-electron chi connectivity index (χ0n) is 9.61. The highest BCUT2D eigenvalue weighted by Gasteiger charge is 2.27. The summed E-state index contributed by atoms with van der Waals surface area (Å²) in [6.07, 6.45) is 5.67. The Labute approximate surface area is 92.3 Å². The van der Waals surface area contributed by atoms with E-state index in [1.54, 1.807) is 6.08 Å². The Hall–Kier alpha value is -0.830. The number of likely N-dealkylation sites (N-methyl/N-ethyl adjacent to an activating group) is 1. The van der Waals surface area contributed by atoms with Crippen molar-refractivity contribution >= 4 is 5.91 Å². The van der Waals surface area contributed by atoms with Gasteiger partial charge in [0, 0.05) is 25.0 Å². The van der Waals surface area contributed by atoms with Crippen LogP contribution in [0.2, 0.25) is 0 Å². The quantitative estimate of drug-likeness (QED) is 0.715. The van der Waals surface area contributed by atoms with Crippen LogP contribution in [0, 0.1) is 5.92 Å². The molecule has 1 amide bonds. The second-order valence-electron chi connectivity index (χ2n) is 4.28. The van der Waals surface area contributed by atoms with Crippen molar-refractivity contribution in [3.8, 4) is 0 Å². The van der Waals surface area contributed by atoms with Crippen LogP contribution in [-0.4, -0.2) is 29.9 Å². The van der Waals surface area contributed by atoms with Crippen LogP contribution < -0.4 is 5.73 Å². The lowest BCUT2D eigenvalue weighted by Gasteiger charge is -2.29. The van der Waals surface area contributed by atoms with Gasteiger partial charge in [-0.15, -0.1) is 6.58 Å². The summed E-state index contributed by atoms with van der Waals surface area (Å²) >= 11 is 0. The van der Waals surface area contributed by atoms with Gasteiger partial charge in [0.25, 0.3) is 0 Å². The van der Waals surface area contributed by atoms with Gasteiger partial charge in [-0.3, -0.25) is 4.79 Å². The van der Waals surface area contributed by atoms with Gasteiger partial charge in [-0.2, -0.15) is 0 Å². The van der Waals surface area contributed by atoms with Crippen LogP contribution in [0.1, 0.15) is 32.6 Å². The number of hydrogen-bond acceptors (Lipinski definition) is 2. The second kappa shape index (κ2) is 5.91. The fourth-order valence-electron chi connectivity index (χ4n) is 2.16. The molecule has 1 saturated carbocycles. The van der Waals surface area contributed by atoms with E-state index < -0.39 is 0 Å². The minimum atomic E-state index is 0.199. The molecule has 2 N–H and O–H groups in total. The van der Waals surface area contributed by atoms with E-state index in [9.17, 15) is 4.79 Å². The van der Waals surface area contributed by atoms with E-state index in [0.717, 1.165) is 32.2 Å². The first kappa shape index (κ1) is 12.2. The molecule has 0 radical (unpaired) electrons. The molecule has 1 aliphatic rings. The van der Waals surface area contributed by atoms with Crippen molar-refractivity contribution in [2.45, 2.75) is 38.6 Å². The maximum atomic E-state index is 12.1. The molecule has 0 heterocycles. The summed E-state index contributed by atoms with van der Waals surface area (Å²) < 4.78 is 0. The monoisotopic (exact) mass is 210 g/mol. The molecule has 0 spiro atoms. The first-order valence-corrected chi connectivity index (χ1v) is 5.84.